The van der Waals surface area contributed by atoms with Gasteiger partial charge in [-0.2, -0.15) is 4.98 Å². The van der Waals surface area contributed by atoms with Gasteiger partial charge in [0.25, 0.3) is 0 Å². The molecule has 2 amide bonds. The van der Waals surface area contributed by atoms with Gasteiger partial charge in [-0.15, -0.1) is 0 Å². The third kappa shape index (κ3) is 4.56. The first-order chi connectivity index (χ1) is 12.1. The zero-order valence-corrected chi connectivity index (χ0v) is 13.9. The summed E-state index contributed by atoms with van der Waals surface area (Å²) < 4.78 is 10.6. The van der Waals surface area contributed by atoms with E-state index >= 15 is 0 Å². The van der Waals surface area contributed by atoms with Crippen LogP contribution in [0.1, 0.15) is 49.1 Å². The summed E-state index contributed by atoms with van der Waals surface area (Å²) in [5, 5.41) is 9.33. The lowest BCUT2D eigenvalue weighted by Crippen LogP contribution is -2.32. The highest BCUT2D eigenvalue weighted by molar-refractivity contribution is 5.90. The molecule has 0 spiro atoms. The Hall–Kier alpha value is -2.90. The van der Waals surface area contributed by atoms with Gasteiger partial charge in [-0.3, -0.25) is 9.59 Å². The fourth-order valence-corrected chi connectivity index (χ4v) is 2.75. The van der Waals surface area contributed by atoms with E-state index in [1.54, 1.807) is 24.3 Å². The van der Waals surface area contributed by atoms with Crippen molar-refractivity contribution in [2.75, 3.05) is 5.32 Å². The predicted molar refractivity (Wildman–Crippen MR) is 89.1 cm³/mol. The van der Waals surface area contributed by atoms with Crippen molar-refractivity contribution in [3.05, 3.63) is 36.0 Å². The summed E-state index contributed by atoms with van der Waals surface area (Å²) in [4.78, 5) is 27.3. The van der Waals surface area contributed by atoms with Crippen LogP contribution in [0.4, 0.5) is 5.69 Å². The Labute approximate surface area is 144 Å². The molecule has 2 aromatic rings. The van der Waals surface area contributed by atoms with Crippen molar-refractivity contribution >= 4 is 17.5 Å². The number of amides is 2. The number of aromatic nitrogens is 2. The van der Waals surface area contributed by atoms with Crippen molar-refractivity contribution in [3.63, 3.8) is 0 Å². The Bertz CT molecular complexity index is 753. The highest BCUT2D eigenvalue weighted by Crippen LogP contribution is 2.24. The summed E-state index contributed by atoms with van der Waals surface area (Å²) in [5.74, 6) is 0.125. The van der Waals surface area contributed by atoms with Gasteiger partial charge >= 0.3 is 11.8 Å². The smallest absolute Gasteiger partial charge is 0.316 e. The Kier molecular flexibility index (Phi) is 5.27. The zero-order chi connectivity index (χ0) is 17.6. The van der Waals surface area contributed by atoms with Crippen molar-refractivity contribution in [2.24, 2.45) is 0 Å². The molecule has 1 heterocycles. The topological polar surface area (TPSA) is 106 Å². The average molecular weight is 344 g/mol. The minimum absolute atomic E-state index is 0.0246. The quantitative estimate of drug-likeness (QED) is 0.832. The van der Waals surface area contributed by atoms with Gasteiger partial charge in [0.1, 0.15) is 5.75 Å². The molecular formula is C17H20N4O4. The maximum Gasteiger partial charge on any atom is 0.316 e. The maximum absolute atomic E-state index is 12.1. The minimum Gasteiger partial charge on any atom is -0.483 e. The Morgan fingerprint density at radius 1 is 1.28 bits per heavy atom. The van der Waals surface area contributed by atoms with Gasteiger partial charge in [0.05, 0.1) is 5.69 Å². The van der Waals surface area contributed by atoms with Gasteiger partial charge in [0.2, 0.25) is 11.7 Å². The SMILES string of the molecule is CC(=O)Nc1ccccc1OCc1noc(C(=O)NC2CCCC2)n1. The van der Waals surface area contributed by atoms with Gasteiger partial charge in [-0.05, 0) is 25.0 Å². The fraction of sp³-hybridized carbons (Fsp3) is 0.412. The first-order valence-electron chi connectivity index (χ1n) is 8.24. The van der Waals surface area contributed by atoms with Gasteiger partial charge in [0.15, 0.2) is 6.61 Å². The molecule has 8 nitrogen and oxygen atoms in total. The molecule has 2 N–H and O–H groups in total. The Morgan fingerprint density at radius 2 is 2.04 bits per heavy atom. The van der Waals surface area contributed by atoms with E-state index in [4.69, 9.17) is 9.26 Å². The molecule has 1 aliphatic rings. The van der Waals surface area contributed by atoms with Crippen molar-refractivity contribution < 1.29 is 18.8 Å². The Balaban J connectivity index is 1.58. The summed E-state index contributed by atoms with van der Waals surface area (Å²) in [5.41, 5.74) is 0.553. The molecule has 1 aromatic heterocycles. The number of hydrogen-bond acceptors (Lipinski definition) is 6. The normalized spacial score (nSPS) is 14.3. The van der Waals surface area contributed by atoms with E-state index in [1.165, 1.54) is 6.92 Å². The second-order valence-electron chi connectivity index (χ2n) is 5.94. The molecule has 0 saturated heterocycles. The van der Waals surface area contributed by atoms with E-state index in [0.29, 0.717) is 11.4 Å². The molecule has 1 fully saturated rings. The largest absolute Gasteiger partial charge is 0.483 e. The van der Waals surface area contributed by atoms with Crippen LogP contribution in [0.2, 0.25) is 0 Å². The number of nitrogens with zero attached hydrogens (tertiary/aromatic N) is 2. The third-order valence-corrected chi connectivity index (χ3v) is 3.91. The lowest BCUT2D eigenvalue weighted by atomic mass is 10.2. The number of anilines is 1. The number of carbonyl (C=O) groups excluding carboxylic acids is 2. The molecule has 0 aliphatic heterocycles. The standard InChI is InChI=1S/C17H20N4O4/c1-11(22)18-13-8-4-5-9-14(13)24-10-15-20-17(25-21-15)16(23)19-12-6-2-3-7-12/h4-5,8-9,12H,2-3,6-7,10H2,1H3,(H,18,22)(H,19,23). The lowest BCUT2D eigenvalue weighted by molar-refractivity contribution is -0.114. The van der Waals surface area contributed by atoms with Crippen molar-refractivity contribution in [1.82, 2.24) is 15.5 Å². The van der Waals surface area contributed by atoms with Crippen LogP contribution < -0.4 is 15.4 Å². The van der Waals surface area contributed by atoms with E-state index in [2.05, 4.69) is 20.8 Å². The molecule has 0 unspecified atom stereocenters. The lowest BCUT2D eigenvalue weighted by Gasteiger charge is -2.10. The third-order valence-electron chi connectivity index (χ3n) is 3.91. The van der Waals surface area contributed by atoms with Crippen LogP contribution >= 0.6 is 0 Å². The number of benzene rings is 1. The summed E-state index contributed by atoms with van der Waals surface area (Å²) in [6, 6.07) is 7.21. The number of nitrogens with one attached hydrogen (secondary N) is 2. The van der Waals surface area contributed by atoms with Crippen LogP contribution in [0, 0.1) is 0 Å². The van der Waals surface area contributed by atoms with Crippen LogP contribution in [0.5, 0.6) is 5.75 Å². The predicted octanol–water partition coefficient (Wildman–Crippen LogP) is 2.28. The number of para-hydroxylation sites is 2. The second kappa shape index (κ2) is 7.78. The molecular weight excluding hydrogens is 324 g/mol. The molecule has 8 heteroatoms. The molecule has 25 heavy (non-hydrogen) atoms. The number of rotatable bonds is 6. The fourth-order valence-electron chi connectivity index (χ4n) is 2.75. The van der Waals surface area contributed by atoms with Crippen LogP contribution in [-0.4, -0.2) is 28.0 Å². The van der Waals surface area contributed by atoms with Crippen molar-refractivity contribution in [1.29, 1.82) is 0 Å². The number of carbonyl (C=O) groups is 2. The number of hydrogen-bond donors (Lipinski definition) is 2. The minimum atomic E-state index is -0.357. The molecule has 1 aromatic carbocycles. The van der Waals surface area contributed by atoms with Crippen LogP contribution in [0.15, 0.2) is 28.8 Å². The highest BCUT2D eigenvalue weighted by atomic mass is 16.5. The van der Waals surface area contributed by atoms with Crippen LogP contribution in [-0.2, 0) is 11.4 Å². The summed E-state index contributed by atoms with van der Waals surface area (Å²) in [7, 11) is 0. The van der Waals surface area contributed by atoms with E-state index in [1.807, 2.05) is 0 Å². The van der Waals surface area contributed by atoms with Crippen molar-refractivity contribution in [2.45, 2.75) is 45.3 Å². The van der Waals surface area contributed by atoms with E-state index in [9.17, 15) is 9.59 Å². The van der Waals surface area contributed by atoms with E-state index in [-0.39, 0.29) is 36.2 Å². The zero-order valence-electron chi connectivity index (χ0n) is 13.9. The van der Waals surface area contributed by atoms with E-state index in [0.717, 1.165) is 25.7 Å². The molecule has 1 aliphatic carbocycles. The number of ether oxygens (including phenoxy) is 1. The summed E-state index contributed by atoms with van der Waals surface area (Å²) >= 11 is 0. The van der Waals surface area contributed by atoms with Crippen LogP contribution in [0.25, 0.3) is 0 Å². The van der Waals surface area contributed by atoms with E-state index < -0.39 is 0 Å². The monoisotopic (exact) mass is 344 g/mol. The van der Waals surface area contributed by atoms with Gasteiger partial charge in [-0.1, -0.05) is 30.1 Å². The Morgan fingerprint density at radius 3 is 2.80 bits per heavy atom. The van der Waals surface area contributed by atoms with Crippen molar-refractivity contribution in [3.8, 4) is 5.75 Å². The molecule has 3 rings (SSSR count). The molecule has 0 bridgehead atoms. The molecule has 0 radical (unpaired) electrons. The van der Waals surface area contributed by atoms with Crippen LogP contribution in [0.3, 0.4) is 0 Å². The van der Waals surface area contributed by atoms with Gasteiger partial charge < -0.3 is 19.9 Å². The van der Waals surface area contributed by atoms with Gasteiger partial charge in [0, 0.05) is 13.0 Å². The maximum atomic E-state index is 12.1. The summed E-state index contributed by atoms with van der Waals surface area (Å²) in [6.45, 7) is 1.45. The molecule has 1 saturated carbocycles. The first kappa shape index (κ1) is 16.9. The molecule has 0 atom stereocenters. The van der Waals surface area contributed by atoms with Gasteiger partial charge in [-0.25, -0.2) is 0 Å². The average Bonchev–Trinajstić information content (AvgIpc) is 3.25. The molecule has 132 valence electrons. The first-order valence-corrected chi connectivity index (χ1v) is 8.24. The highest BCUT2D eigenvalue weighted by Gasteiger charge is 2.22. The summed E-state index contributed by atoms with van der Waals surface area (Å²) in [6.07, 6.45) is 4.22. The second-order valence-corrected chi connectivity index (χ2v) is 5.94.